The third-order valence-corrected chi connectivity index (χ3v) is 6.30. The molecule has 200 valence electrons. The van der Waals surface area contributed by atoms with Gasteiger partial charge in [0.15, 0.2) is 11.6 Å². The van der Waals surface area contributed by atoms with Gasteiger partial charge >= 0.3 is 0 Å². The number of fused-ring (bicyclic) bond motifs is 1. The highest BCUT2D eigenvalue weighted by atomic mass is 19.1. The van der Waals surface area contributed by atoms with E-state index in [2.05, 4.69) is 15.3 Å². The summed E-state index contributed by atoms with van der Waals surface area (Å²) >= 11 is 0. The molecule has 5 rings (SSSR count). The molecule has 0 spiro atoms. The number of aliphatic hydroxyl groups excluding tert-OH is 1. The molecule has 0 aliphatic carbocycles. The number of pyridine rings is 1. The summed E-state index contributed by atoms with van der Waals surface area (Å²) in [6, 6.07) is 11.3. The number of aryl methyl sites for hydroxylation is 1. The molecule has 3 heterocycles. The van der Waals surface area contributed by atoms with E-state index < -0.39 is 11.6 Å². The Kier molecular flexibility index (Phi) is 7.33. The summed E-state index contributed by atoms with van der Waals surface area (Å²) in [6.07, 6.45) is 3.25. The summed E-state index contributed by atoms with van der Waals surface area (Å²) in [4.78, 5) is 13.5. The van der Waals surface area contributed by atoms with Crippen LogP contribution in [0.25, 0.3) is 22.4 Å². The van der Waals surface area contributed by atoms with Gasteiger partial charge in [-0.15, -0.1) is 0 Å². The van der Waals surface area contributed by atoms with Crippen LogP contribution in [0.5, 0.6) is 11.5 Å². The molecule has 0 unspecified atom stereocenters. The van der Waals surface area contributed by atoms with Gasteiger partial charge in [-0.2, -0.15) is 5.10 Å². The molecule has 0 amide bonds. The maximum atomic E-state index is 14.9. The van der Waals surface area contributed by atoms with Gasteiger partial charge in [0.25, 0.3) is 0 Å². The molecule has 3 aromatic heterocycles. The molecular weight excluding hydrogens is 506 g/mol. The van der Waals surface area contributed by atoms with E-state index in [4.69, 9.17) is 24.7 Å². The molecule has 0 saturated heterocycles. The predicted octanol–water partition coefficient (Wildman–Crippen LogP) is 4.95. The lowest BCUT2D eigenvalue weighted by molar-refractivity contribution is 0.200. The first-order chi connectivity index (χ1) is 18.9. The number of ether oxygens (including phenoxy) is 2. The van der Waals surface area contributed by atoms with E-state index in [0.717, 1.165) is 28.8 Å². The number of aliphatic hydroxyl groups is 1. The van der Waals surface area contributed by atoms with Gasteiger partial charge in [-0.25, -0.2) is 18.7 Å². The zero-order valence-electron chi connectivity index (χ0n) is 21.6. The lowest BCUT2D eigenvalue weighted by atomic mass is 10.1. The molecule has 5 aromatic rings. The minimum absolute atomic E-state index is 0.00296. The Balaban J connectivity index is 1.56. The van der Waals surface area contributed by atoms with Gasteiger partial charge in [-0.3, -0.25) is 9.67 Å². The van der Waals surface area contributed by atoms with Crippen molar-refractivity contribution in [3.63, 3.8) is 0 Å². The van der Waals surface area contributed by atoms with Crippen molar-refractivity contribution in [2.45, 2.75) is 20.4 Å². The van der Waals surface area contributed by atoms with Crippen LogP contribution >= 0.6 is 0 Å². The molecule has 11 heteroatoms. The van der Waals surface area contributed by atoms with Crippen LogP contribution in [0, 0.1) is 25.5 Å². The van der Waals surface area contributed by atoms with Crippen LogP contribution in [0.3, 0.4) is 0 Å². The second-order valence-corrected chi connectivity index (χ2v) is 8.77. The molecule has 2 aromatic carbocycles. The van der Waals surface area contributed by atoms with Crippen molar-refractivity contribution in [1.29, 1.82) is 0 Å². The Labute approximate surface area is 223 Å². The molecule has 2 N–H and O–H groups in total. The second kappa shape index (κ2) is 11.0. The van der Waals surface area contributed by atoms with E-state index >= 15 is 0 Å². The average molecular weight is 533 g/mol. The first-order valence-corrected chi connectivity index (χ1v) is 12.2. The Hall–Kier alpha value is -4.64. The van der Waals surface area contributed by atoms with Crippen LogP contribution in [-0.4, -0.2) is 50.2 Å². The Bertz CT molecular complexity index is 1630. The Morgan fingerprint density at radius 1 is 1.05 bits per heavy atom. The summed E-state index contributed by atoms with van der Waals surface area (Å²) < 4.78 is 41.9. The second-order valence-electron chi connectivity index (χ2n) is 8.77. The zero-order valence-corrected chi connectivity index (χ0v) is 21.6. The maximum Gasteiger partial charge on any atom is 0.182 e. The largest absolute Gasteiger partial charge is 0.493 e. The number of methoxy groups -OCH3 is 1. The summed E-state index contributed by atoms with van der Waals surface area (Å²) in [6.45, 7) is 3.29. The minimum atomic E-state index is -0.774. The average Bonchev–Trinajstić information content (AvgIpc) is 3.30. The van der Waals surface area contributed by atoms with Gasteiger partial charge in [0.2, 0.25) is 0 Å². The molecule has 0 fully saturated rings. The molecule has 0 aliphatic heterocycles. The highest BCUT2D eigenvalue weighted by Crippen LogP contribution is 2.32. The quantitative estimate of drug-likeness (QED) is 0.275. The van der Waals surface area contributed by atoms with Crippen molar-refractivity contribution in [3.8, 4) is 23.0 Å². The van der Waals surface area contributed by atoms with Gasteiger partial charge in [-0.05, 0) is 26.0 Å². The van der Waals surface area contributed by atoms with E-state index in [1.54, 1.807) is 25.6 Å². The maximum absolute atomic E-state index is 14.9. The fraction of sp³-hybridized carbons (Fsp3) is 0.214. The van der Waals surface area contributed by atoms with E-state index in [0.29, 0.717) is 34.3 Å². The van der Waals surface area contributed by atoms with Crippen molar-refractivity contribution in [2.24, 2.45) is 0 Å². The lowest BCUT2D eigenvalue weighted by Gasteiger charge is -2.14. The van der Waals surface area contributed by atoms with E-state index in [1.165, 1.54) is 4.68 Å². The summed E-state index contributed by atoms with van der Waals surface area (Å²) in [5, 5.41) is 17.6. The molecule has 0 aliphatic rings. The molecule has 0 bridgehead atoms. The highest BCUT2D eigenvalue weighted by Gasteiger charge is 2.20. The zero-order chi connectivity index (χ0) is 27.5. The predicted molar refractivity (Wildman–Crippen MR) is 142 cm³/mol. The molecule has 0 radical (unpaired) electrons. The van der Waals surface area contributed by atoms with Crippen molar-refractivity contribution in [1.82, 2.24) is 24.7 Å². The third-order valence-electron chi connectivity index (χ3n) is 6.30. The summed E-state index contributed by atoms with van der Waals surface area (Å²) in [5.41, 5.74) is 3.24. The van der Waals surface area contributed by atoms with Gasteiger partial charge in [0, 0.05) is 40.5 Å². The molecule has 0 saturated carbocycles. The van der Waals surface area contributed by atoms with E-state index in [9.17, 15) is 8.78 Å². The van der Waals surface area contributed by atoms with E-state index in [-0.39, 0.29) is 31.1 Å². The van der Waals surface area contributed by atoms with Crippen LogP contribution in [0.2, 0.25) is 0 Å². The number of aromatic nitrogens is 5. The third kappa shape index (κ3) is 5.21. The van der Waals surface area contributed by atoms with Gasteiger partial charge in [0.05, 0.1) is 37.7 Å². The Morgan fingerprint density at radius 2 is 1.82 bits per heavy atom. The van der Waals surface area contributed by atoms with Crippen LogP contribution in [0.4, 0.5) is 20.3 Å². The fourth-order valence-electron chi connectivity index (χ4n) is 4.17. The standard InChI is InChI=1S/C28H26F2N6O3/c1-16-17(2)32-28(34-27(16)33-23-8-9-31-14-25(23)38-3)26-19-6-4-5-7-24(19)36(35-26)15-20-21(29)12-18(13-22(20)30)39-11-10-37/h4-9,12-14,37H,10-11,15H2,1-3H3,(H,31,32,33,34). The van der Waals surface area contributed by atoms with Crippen LogP contribution < -0.4 is 14.8 Å². The monoisotopic (exact) mass is 532 g/mol. The van der Waals surface area contributed by atoms with Crippen molar-refractivity contribution in [2.75, 3.05) is 25.6 Å². The number of anilines is 2. The number of rotatable bonds is 9. The number of benzene rings is 2. The van der Waals surface area contributed by atoms with Crippen molar-refractivity contribution >= 4 is 22.4 Å². The van der Waals surface area contributed by atoms with Crippen molar-refractivity contribution < 1.29 is 23.4 Å². The van der Waals surface area contributed by atoms with Gasteiger partial charge < -0.3 is 19.9 Å². The number of halogens is 2. The topological polar surface area (TPSA) is 107 Å². The fourth-order valence-corrected chi connectivity index (χ4v) is 4.17. The molecule has 0 atom stereocenters. The van der Waals surface area contributed by atoms with Crippen LogP contribution in [0.15, 0.2) is 54.9 Å². The van der Waals surface area contributed by atoms with Gasteiger partial charge in [-0.1, -0.05) is 18.2 Å². The first kappa shape index (κ1) is 26.0. The summed E-state index contributed by atoms with van der Waals surface area (Å²) in [7, 11) is 1.56. The normalized spacial score (nSPS) is 11.1. The number of para-hydroxylation sites is 1. The first-order valence-electron chi connectivity index (χ1n) is 12.2. The van der Waals surface area contributed by atoms with Crippen LogP contribution in [-0.2, 0) is 6.54 Å². The van der Waals surface area contributed by atoms with Crippen LogP contribution in [0.1, 0.15) is 16.8 Å². The molecule has 39 heavy (non-hydrogen) atoms. The van der Waals surface area contributed by atoms with E-state index in [1.807, 2.05) is 38.1 Å². The molecule has 9 nitrogen and oxygen atoms in total. The van der Waals surface area contributed by atoms with Crippen molar-refractivity contribution in [3.05, 3.63) is 83.3 Å². The SMILES string of the molecule is COc1cnccc1Nc1nc(-c2nn(Cc3c(F)cc(OCCO)cc3F)c3ccccc23)nc(C)c1C. The lowest BCUT2D eigenvalue weighted by Crippen LogP contribution is -2.08. The number of nitrogens with one attached hydrogen (secondary N) is 1. The smallest absolute Gasteiger partial charge is 0.182 e. The Morgan fingerprint density at radius 3 is 2.56 bits per heavy atom. The minimum Gasteiger partial charge on any atom is -0.493 e. The van der Waals surface area contributed by atoms with Gasteiger partial charge in [0.1, 0.15) is 35.5 Å². The molecular formula is C28H26F2N6O3. The number of nitrogens with zero attached hydrogens (tertiary/aromatic N) is 5. The number of hydrogen-bond acceptors (Lipinski definition) is 8. The summed E-state index contributed by atoms with van der Waals surface area (Å²) in [5.74, 6) is -0.0634. The highest BCUT2D eigenvalue weighted by molar-refractivity contribution is 5.92. The number of hydrogen-bond donors (Lipinski definition) is 2.